The fraction of sp³-hybridized carbons (Fsp3) is 0.867. The van der Waals surface area contributed by atoms with Crippen LogP contribution in [0.1, 0.15) is 53.4 Å². The van der Waals surface area contributed by atoms with E-state index in [2.05, 4.69) is 44.5 Å². The second kappa shape index (κ2) is 10.8. The Balaban J connectivity index is 3.99. The number of unbranched alkanes of at least 4 members (excludes halogenated alkanes) is 1. The van der Waals surface area contributed by atoms with Gasteiger partial charge in [-0.3, -0.25) is 4.90 Å². The molecule has 0 aromatic carbocycles. The normalized spacial score (nSPS) is 13.0. The van der Waals surface area contributed by atoms with E-state index in [-0.39, 0.29) is 0 Å². The molecule has 1 atom stereocenters. The van der Waals surface area contributed by atoms with Gasteiger partial charge in [-0.25, -0.2) is 0 Å². The van der Waals surface area contributed by atoms with Crippen LogP contribution in [0.25, 0.3) is 0 Å². The zero-order valence-electron chi connectivity index (χ0n) is 12.4. The van der Waals surface area contributed by atoms with Gasteiger partial charge in [0.05, 0.1) is 0 Å². The summed E-state index contributed by atoms with van der Waals surface area (Å²) < 4.78 is 0. The SMILES string of the molecule is C=C(CNCCC)CN(CCCC)C(C)CC. The molecule has 0 spiro atoms. The molecule has 17 heavy (non-hydrogen) atoms. The predicted molar refractivity (Wildman–Crippen MR) is 78.5 cm³/mol. The van der Waals surface area contributed by atoms with Gasteiger partial charge in [0.15, 0.2) is 0 Å². The number of rotatable bonds is 11. The van der Waals surface area contributed by atoms with Crippen LogP contribution in [0.2, 0.25) is 0 Å². The second-order valence-electron chi connectivity index (χ2n) is 5.01. The summed E-state index contributed by atoms with van der Waals surface area (Å²) >= 11 is 0. The van der Waals surface area contributed by atoms with Crippen LogP contribution in [0.15, 0.2) is 12.2 Å². The Labute approximate surface area is 108 Å². The van der Waals surface area contributed by atoms with Gasteiger partial charge in [-0.1, -0.05) is 33.8 Å². The first-order chi connectivity index (χ1) is 8.15. The summed E-state index contributed by atoms with van der Waals surface area (Å²) in [5, 5.41) is 3.43. The highest BCUT2D eigenvalue weighted by Gasteiger charge is 2.12. The summed E-state index contributed by atoms with van der Waals surface area (Å²) in [6.45, 7) is 17.5. The van der Waals surface area contributed by atoms with Crippen molar-refractivity contribution in [1.29, 1.82) is 0 Å². The average molecular weight is 240 g/mol. The number of nitrogens with one attached hydrogen (secondary N) is 1. The van der Waals surface area contributed by atoms with Crippen LogP contribution in [0.3, 0.4) is 0 Å². The first kappa shape index (κ1) is 16.7. The maximum Gasteiger partial charge on any atom is 0.0205 e. The Bertz CT molecular complexity index is 189. The van der Waals surface area contributed by atoms with Gasteiger partial charge in [-0.2, -0.15) is 0 Å². The van der Waals surface area contributed by atoms with Crippen LogP contribution in [0.4, 0.5) is 0 Å². The second-order valence-corrected chi connectivity index (χ2v) is 5.01. The lowest BCUT2D eigenvalue weighted by Crippen LogP contribution is -2.36. The summed E-state index contributed by atoms with van der Waals surface area (Å²) in [6, 6.07) is 0.671. The van der Waals surface area contributed by atoms with E-state index in [1.165, 1.54) is 37.8 Å². The summed E-state index contributed by atoms with van der Waals surface area (Å²) in [5.41, 5.74) is 1.31. The maximum absolute atomic E-state index is 4.19. The molecule has 0 aliphatic carbocycles. The molecule has 1 N–H and O–H groups in total. The summed E-state index contributed by atoms with van der Waals surface area (Å²) in [4.78, 5) is 2.57. The third kappa shape index (κ3) is 8.39. The fourth-order valence-electron chi connectivity index (χ4n) is 1.86. The molecule has 2 heteroatoms. The van der Waals surface area contributed by atoms with E-state index < -0.39 is 0 Å². The molecular formula is C15H32N2. The summed E-state index contributed by atoms with van der Waals surface area (Å²) in [6.07, 6.45) is 4.98. The van der Waals surface area contributed by atoms with Gasteiger partial charge in [0.25, 0.3) is 0 Å². The van der Waals surface area contributed by atoms with E-state index in [1.807, 2.05) is 0 Å². The van der Waals surface area contributed by atoms with E-state index in [9.17, 15) is 0 Å². The van der Waals surface area contributed by atoms with Crippen LogP contribution in [0, 0.1) is 0 Å². The Kier molecular flexibility index (Phi) is 10.6. The van der Waals surface area contributed by atoms with Crippen molar-refractivity contribution in [3.8, 4) is 0 Å². The molecule has 0 heterocycles. The molecule has 0 saturated carbocycles. The van der Waals surface area contributed by atoms with Gasteiger partial charge in [0.2, 0.25) is 0 Å². The molecule has 0 aromatic heterocycles. The van der Waals surface area contributed by atoms with Crippen molar-refractivity contribution in [2.75, 3.05) is 26.2 Å². The highest BCUT2D eigenvalue weighted by Crippen LogP contribution is 2.08. The summed E-state index contributed by atoms with van der Waals surface area (Å²) in [7, 11) is 0. The first-order valence-corrected chi connectivity index (χ1v) is 7.27. The number of nitrogens with zero attached hydrogens (tertiary/aromatic N) is 1. The molecule has 0 amide bonds. The molecule has 0 fully saturated rings. The van der Waals surface area contributed by atoms with Gasteiger partial charge in [-0.15, -0.1) is 0 Å². The highest BCUT2D eigenvalue weighted by molar-refractivity contribution is 5.00. The molecule has 0 radical (unpaired) electrons. The van der Waals surface area contributed by atoms with Crippen molar-refractivity contribution < 1.29 is 0 Å². The molecule has 0 aromatic rings. The van der Waals surface area contributed by atoms with Crippen LogP contribution in [-0.4, -0.2) is 37.1 Å². The molecular weight excluding hydrogens is 208 g/mol. The van der Waals surface area contributed by atoms with Gasteiger partial charge in [-0.05, 0) is 44.8 Å². The van der Waals surface area contributed by atoms with E-state index in [0.29, 0.717) is 6.04 Å². The Morgan fingerprint density at radius 3 is 2.47 bits per heavy atom. The Morgan fingerprint density at radius 2 is 1.94 bits per heavy atom. The number of hydrogen-bond donors (Lipinski definition) is 1. The lowest BCUT2D eigenvalue weighted by atomic mass is 10.1. The van der Waals surface area contributed by atoms with Crippen molar-refractivity contribution in [3.05, 3.63) is 12.2 Å². The first-order valence-electron chi connectivity index (χ1n) is 7.27. The van der Waals surface area contributed by atoms with Gasteiger partial charge < -0.3 is 5.32 Å². The van der Waals surface area contributed by atoms with Crippen molar-refractivity contribution in [2.24, 2.45) is 0 Å². The van der Waals surface area contributed by atoms with Gasteiger partial charge >= 0.3 is 0 Å². The summed E-state index contributed by atoms with van der Waals surface area (Å²) in [5.74, 6) is 0. The van der Waals surface area contributed by atoms with Crippen molar-refractivity contribution >= 4 is 0 Å². The lowest BCUT2D eigenvalue weighted by Gasteiger charge is -2.29. The standard InChI is InChI=1S/C15H32N2/c1-6-9-11-17(15(5)8-3)13-14(4)12-16-10-7-2/h15-16H,4,6-13H2,1-3,5H3. The molecule has 0 saturated heterocycles. The van der Waals surface area contributed by atoms with E-state index in [4.69, 9.17) is 0 Å². The molecule has 0 aliphatic rings. The van der Waals surface area contributed by atoms with Crippen molar-refractivity contribution in [3.63, 3.8) is 0 Å². The zero-order chi connectivity index (χ0) is 13.1. The molecule has 0 aliphatic heterocycles. The smallest absolute Gasteiger partial charge is 0.0205 e. The average Bonchev–Trinajstić information content (AvgIpc) is 2.33. The van der Waals surface area contributed by atoms with Crippen LogP contribution >= 0.6 is 0 Å². The van der Waals surface area contributed by atoms with Crippen LogP contribution in [0.5, 0.6) is 0 Å². The molecule has 102 valence electrons. The largest absolute Gasteiger partial charge is 0.313 e. The minimum Gasteiger partial charge on any atom is -0.313 e. The molecule has 0 rings (SSSR count). The highest BCUT2D eigenvalue weighted by atomic mass is 15.1. The van der Waals surface area contributed by atoms with E-state index >= 15 is 0 Å². The molecule has 2 nitrogen and oxygen atoms in total. The lowest BCUT2D eigenvalue weighted by molar-refractivity contribution is 0.217. The maximum atomic E-state index is 4.19. The molecule has 1 unspecified atom stereocenters. The Morgan fingerprint density at radius 1 is 1.24 bits per heavy atom. The minimum absolute atomic E-state index is 0.671. The topological polar surface area (TPSA) is 15.3 Å². The monoisotopic (exact) mass is 240 g/mol. The van der Waals surface area contributed by atoms with E-state index in [1.54, 1.807) is 0 Å². The number of hydrogen-bond acceptors (Lipinski definition) is 2. The molecule has 0 bridgehead atoms. The van der Waals surface area contributed by atoms with E-state index in [0.717, 1.165) is 19.6 Å². The third-order valence-corrected chi connectivity index (χ3v) is 3.24. The zero-order valence-corrected chi connectivity index (χ0v) is 12.4. The predicted octanol–water partition coefficient (Wildman–Crippen LogP) is 3.44. The van der Waals surface area contributed by atoms with Crippen LogP contribution < -0.4 is 5.32 Å². The minimum atomic E-state index is 0.671. The van der Waals surface area contributed by atoms with Crippen molar-refractivity contribution in [1.82, 2.24) is 10.2 Å². The Hall–Kier alpha value is -0.340. The van der Waals surface area contributed by atoms with Gasteiger partial charge in [0, 0.05) is 19.1 Å². The van der Waals surface area contributed by atoms with Crippen molar-refractivity contribution in [2.45, 2.75) is 59.4 Å². The quantitative estimate of drug-likeness (QED) is 0.439. The van der Waals surface area contributed by atoms with Gasteiger partial charge in [0.1, 0.15) is 0 Å². The van der Waals surface area contributed by atoms with Crippen LogP contribution in [-0.2, 0) is 0 Å². The fourth-order valence-corrected chi connectivity index (χ4v) is 1.86. The third-order valence-electron chi connectivity index (χ3n) is 3.24.